The maximum Gasteiger partial charge on any atom is 0.252 e. The van der Waals surface area contributed by atoms with Gasteiger partial charge in [-0.15, -0.1) is 11.3 Å². The highest BCUT2D eigenvalue weighted by Gasteiger charge is 2.26. The number of anilines is 1. The second kappa shape index (κ2) is 7.99. The summed E-state index contributed by atoms with van der Waals surface area (Å²) in [6.07, 6.45) is 1.09. The molecule has 1 saturated heterocycles. The minimum Gasteiger partial charge on any atom is -0.348 e. The van der Waals surface area contributed by atoms with Gasteiger partial charge in [0.1, 0.15) is 6.07 Å². The van der Waals surface area contributed by atoms with E-state index < -0.39 is 0 Å². The summed E-state index contributed by atoms with van der Waals surface area (Å²) in [6.45, 7) is 3.58. The number of thiophene rings is 1. The summed E-state index contributed by atoms with van der Waals surface area (Å²) >= 11 is 1.65. The molecule has 1 unspecified atom stereocenters. The minimum atomic E-state index is -0.119. The molecule has 0 radical (unpaired) electrons. The van der Waals surface area contributed by atoms with Gasteiger partial charge in [0.05, 0.1) is 11.3 Å². The van der Waals surface area contributed by atoms with Crippen molar-refractivity contribution in [1.29, 1.82) is 5.26 Å². The number of nitriles is 1. The lowest BCUT2D eigenvalue weighted by Crippen LogP contribution is -2.34. The standard InChI is InChI=1S/C18H24N6OS/c1-22(2)18-20-14(7-17(25)21-18)9-23(3)15-4-5-24(10-15)11-16-6-13(8-19)12-26-16/h6-7,12,15H,4-5,9-11H2,1-3H3,(H,20,21,25). The van der Waals surface area contributed by atoms with Gasteiger partial charge in [0.2, 0.25) is 5.95 Å². The van der Waals surface area contributed by atoms with Gasteiger partial charge in [0.15, 0.2) is 0 Å². The predicted molar refractivity (Wildman–Crippen MR) is 103 cm³/mol. The monoisotopic (exact) mass is 372 g/mol. The molecule has 1 N–H and O–H groups in total. The van der Waals surface area contributed by atoms with Gasteiger partial charge in [-0.25, -0.2) is 4.98 Å². The first-order chi connectivity index (χ1) is 12.4. The number of H-pyrrole nitrogens is 1. The van der Waals surface area contributed by atoms with Crippen LogP contribution in [0.5, 0.6) is 0 Å². The number of aromatic amines is 1. The zero-order valence-electron chi connectivity index (χ0n) is 15.4. The second-order valence-electron chi connectivity index (χ2n) is 6.96. The fraction of sp³-hybridized carbons (Fsp3) is 0.500. The fourth-order valence-electron chi connectivity index (χ4n) is 3.23. The van der Waals surface area contributed by atoms with Crippen molar-refractivity contribution in [2.75, 3.05) is 39.1 Å². The van der Waals surface area contributed by atoms with Crippen LogP contribution in [0.3, 0.4) is 0 Å². The Labute approximate surface area is 157 Å². The molecule has 0 saturated carbocycles. The van der Waals surface area contributed by atoms with Gasteiger partial charge in [-0.3, -0.25) is 19.6 Å². The highest BCUT2D eigenvalue weighted by molar-refractivity contribution is 7.10. The first-order valence-corrected chi connectivity index (χ1v) is 9.50. The van der Waals surface area contributed by atoms with Crippen molar-refractivity contribution >= 4 is 17.3 Å². The lowest BCUT2D eigenvalue weighted by Gasteiger charge is -2.24. The van der Waals surface area contributed by atoms with Gasteiger partial charge in [0, 0.05) is 62.6 Å². The van der Waals surface area contributed by atoms with E-state index in [1.165, 1.54) is 4.88 Å². The van der Waals surface area contributed by atoms with Crippen molar-refractivity contribution in [1.82, 2.24) is 19.8 Å². The molecule has 0 bridgehead atoms. The SMILES string of the molecule is CN(C)c1nc(CN(C)C2CCN(Cc3cc(C#N)cs3)C2)cc(=O)[nH]1. The molecule has 138 valence electrons. The van der Waals surface area contributed by atoms with Crippen LogP contribution in [-0.4, -0.2) is 60.0 Å². The van der Waals surface area contributed by atoms with E-state index in [-0.39, 0.29) is 5.56 Å². The zero-order chi connectivity index (χ0) is 18.7. The summed E-state index contributed by atoms with van der Waals surface area (Å²) in [4.78, 5) is 26.8. The van der Waals surface area contributed by atoms with E-state index in [0.717, 1.165) is 37.3 Å². The molecule has 3 heterocycles. The van der Waals surface area contributed by atoms with Gasteiger partial charge in [0.25, 0.3) is 5.56 Å². The molecule has 0 amide bonds. The number of likely N-dealkylation sites (N-methyl/N-ethyl adjacent to an activating group) is 1. The Hall–Kier alpha value is -2.21. The molecule has 0 aliphatic carbocycles. The third kappa shape index (κ3) is 4.49. The summed E-state index contributed by atoms with van der Waals surface area (Å²) in [5, 5.41) is 10.9. The number of likely N-dealkylation sites (tertiary alicyclic amines) is 1. The minimum absolute atomic E-state index is 0.119. The molecule has 7 nitrogen and oxygen atoms in total. The van der Waals surface area contributed by atoms with Crippen LogP contribution in [0, 0.1) is 11.3 Å². The quantitative estimate of drug-likeness (QED) is 0.827. The number of rotatable bonds is 6. The van der Waals surface area contributed by atoms with Crippen molar-refractivity contribution in [2.45, 2.75) is 25.6 Å². The van der Waals surface area contributed by atoms with Crippen LogP contribution in [0.2, 0.25) is 0 Å². The van der Waals surface area contributed by atoms with Crippen LogP contribution < -0.4 is 10.5 Å². The number of hydrogen-bond donors (Lipinski definition) is 1. The molecule has 8 heteroatoms. The fourth-order valence-corrected chi connectivity index (χ4v) is 4.08. The summed E-state index contributed by atoms with van der Waals surface area (Å²) in [6, 6.07) is 6.18. The Morgan fingerprint density at radius 2 is 2.23 bits per heavy atom. The first-order valence-electron chi connectivity index (χ1n) is 8.62. The third-order valence-corrected chi connectivity index (χ3v) is 5.57. The normalized spacial score (nSPS) is 17.6. The predicted octanol–water partition coefficient (Wildman–Crippen LogP) is 1.48. The Morgan fingerprint density at radius 3 is 2.92 bits per heavy atom. The second-order valence-corrected chi connectivity index (χ2v) is 7.96. The number of aromatic nitrogens is 2. The summed E-state index contributed by atoms with van der Waals surface area (Å²) in [7, 11) is 5.82. The topological polar surface area (TPSA) is 79.3 Å². The molecule has 26 heavy (non-hydrogen) atoms. The maximum atomic E-state index is 11.8. The van der Waals surface area contributed by atoms with Crippen molar-refractivity contribution < 1.29 is 0 Å². The molecule has 0 aromatic carbocycles. The van der Waals surface area contributed by atoms with Crippen LogP contribution in [-0.2, 0) is 13.1 Å². The highest BCUT2D eigenvalue weighted by Crippen LogP contribution is 2.21. The van der Waals surface area contributed by atoms with Crippen LogP contribution in [0.4, 0.5) is 5.95 Å². The first kappa shape index (κ1) is 18.6. The van der Waals surface area contributed by atoms with E-state index in [4.69, 9.17) is 5.26 Å². The van der Waals surface area contributed by atoms with Crippen LogP contribution in [0.25, 0.3) is 0 Å². The van der Waals surface area contributed by atoms with Crippen molar-refractivity contribution in [2.24, 2.45) is 0 Å². The van der Waals surface area contributed by atoms with Crippen molar-refractivity contribution in [3.05, 3.63) is 44.0 Å². The van der Waals surface area contributed by atoms with Gasteiger partial charge in [-0.2, -0.15) is 5.26 Å². The van der Waals surface area contributed by atoms with E-state index in [1.807, 2.05) is 25.5 Å². The average molecular weight is 372 g/mol. The molecule has 1 aliphatic heterocycles. The molecule has 2 aromatic heterocycles. The summed E-state index contributed by atoms with van der Waals surface area (Å²) in [5.41, 5.74) is 1.41. The lowest BCUT2D eigenvalue weighted by atomic mass is 10.2. The molecular weight excluding hydrogens is 348 g/mol. The van der Waals surface area contributed by atoms with Gasteiger partial charge < -0.3 is 4.90 Å². The average Bonchev–Trinajstić information content (AvgIpc) is 3.24. The van der Waals surface area contributed by atoms with E-state index in [0.29, 0.717) is 18.5 Å². The van der Waals surface area contributed by atoms with Gasteiger partial charge in [-0.1, -0.05) is 0 Å². The van der Waals surface area contributed by atoms with E-state index in [2.05, 4.69) is 32.9 Å². The van der Waals surface area contributed by atoms with E-state index in [1.54, 1.807) is 22.3 Å². The Morgan fingerprint density at radius 1 is 1.42 bits per heavy atom. The van der Waals surface area contributed by atoms with E-state index >= 15 is 0 Å². The molecule has 1 aliphatic rings. The van der Waals surface area contributed by atoms with Crippen LogP contribution >= 0.6 is 11.3 Å². The van der Waals surface area contributed by atoms with Gasteiger partial charge in [-0.05, 0) is 19.5 Å². The Kier molecular flexibility index (Phi) is 5.71. The lowest BCUT2D eigenvalue weighted by molar-refractivity contribution is 0.221. The molecule has 0 spiro atoms. The third-order valence-electron chi connectivity index (χ3n) is 4.65. The number of nitrogens with one attached hydrogen (secondary N) is 1. The zero-order valence-corrected chi connectivity index (χ0v) is 16.2. The molecular formula is C18H24N6OS. The van der Waals surface area contributed by atoms with Crippen LogP contribution in [0.15, 0.2) is 22.3 Å². The van der Waals surface area contributed by atoms with Crippen molar-refractivity contribution in [3.8, 4) is 6.07 Å². The molecule has 2 aromatic rings. The Balaban J connectivity index is 1.58. The Bertz CT molecular complexity index is 852. The van der Waals surface area contributed by atoms with Crippen LogP contribution in [0.1, 0.15) is 22.6 Å². The van der Waals surface area contributed by atoms with Gasteiger partial charge >= 0.3 is 0 Å². The highest BCUT2D eigenvalue weighted by atomic mass is 32.1. The summed E-state index contributed by atoms with van der Waals surface area (Å²) in [5.74, 6) is 0.583. The van der Waals surface area contributed by atoms with Crippen molar-refractivity contribution in [3.63, 3.8) is 0 Å². The number of nitrogens with zero attached hydrogens (tertiary/aromatic N) is 5. The molecule has 3 rings (SSSR count). The van der Waals surface area contributed by atoms with E-state index in [9.17, 15) is 4.79 Å². The molecule has 1 atom stereocenters. The molecule has 1 fully saturated rings. The number of hydrogen-bond acceptors (Lipinski definition) is 7. The summed E-state index contributed by atoms with van der Waals surface area (Å²) < 4.78 is 0. The maximum absolute atomic E-state index is 11.8. The largest absolute Gasteiger partial charge is 0.348 e. The smallest absolute Gasteiger partial charge is 0.252 e.